The first-order valence-corrected chi connectivity index (χ1v) is 8.29. The third-order valence-corrected chi connectivity index (χ3v) is 3.95. The van der Waals surface area contributed by atoms with Crippen molar-refractivity contribution < 1.29 is 27.9 Å². The van der Waals surface area contributed by atoms with E-state index in [0.717, 1.165) is 11.4 Å². The number of nitrogens with zero attached hydrogens (tertiary/aromatic N) is 2. The maximum atomic E-state index is 12.4. The van der Waals surface area contributed by atoms with E-state index >= 15 is 0 Å². The van der Waals surface area contributed by atoms with Gasteiger partial charge in [0.15, 0.2) is 5.82 Å². The highest BCUT2D eigenvalue weighted by atomic mass is 19.4. The summed E-state index contributed by atoms with van der Waals surface area (Å²) in [7, 11) is 0. The summed E-state index contributed by atoms with van der Waals surface area (Å²) in [6.07, 6.45) is -2.73. The van der Waals surface area contributed by atoms with Crippen molar-refractivity contribution in [3.8, 4) is 0 Å². The zero-order valence-corrected chi connectivity index (χ0v) is 15.2. The molecular weight excluding hydrogens is 377 g/mol. The molecule has 0 fully saturated rings. The lowest BCUT2D eigenvalue weighted by Crippen LogP contribution is -2.44. The number of carbonyl (C=O) groups is 2. The zero-order chi connectivity index (χ0) is 20.9. The lowest BCUT2D eigenvalue weighted by molar-refractivity contribution is -0.192. The van der Waals surface area contributed by atoms with Crippen molar-refractivity contribution in [3.63, 3.8) is 0 Å². The molecule has 0 spiro atoms. The Hall–Kier alpha value is -3.01. The molecule has 1 aliphatic rings. The Morgan fingerprint density at radius 3 is 2.39 bits per heavy atom. The van der Waals surface area contributed by atoms with E-state index in [-0.39, 0.29) is 11.9 Å². The summed E-state index contributed by atoms with van der Waals surface area (Å²) in [4.78, 5) is 29.8. The number of carboxylic acid groups (broad SMARTS) is 1. The standard InChI is InChI=1S/C16H18N4O.C2HF3O2/c1-10-8-18-15(11(2)19-10)20-16(21)14-7-12-5-3-4-6-13(12)9-17-14;3-2(4,5)1(6)7/h3-6,8,14,17H,7,9H2,1-2H3,(H,18,20,21);(H,6,7)/t14-;/m0./s1. The molecule has 3 N–H and O–H groups in total. The molecule has 1 aromatic carbocycles. The molecule has 10 heteroatoms. The first-order chi connectivity index (χ1) is 13.1. The summed E-state index contributed by atoms with van der Waals surface area (Å²) in [5.41, 5.74) is 4.06. The van der Waals surface area contributed by atoms with E-state index in [2.05, 4.69) is 32.7 Å². The normalized spacial score (nSPS) is 15.7. The largest absolute Gasteiger partial charge is 0.490 e. The molecule has 2 heterocycles. The molecule has 1 atom stereocenters. The van der Waals surface area contributed by atoms with E-state index < -0.39 is 12.1 Å². The monoisotopic (exact) mass is 396 g/mol. The third-order valence-electron chi connectivity index (χ3n) is 3.95. The number of benzene rings is 1. The van der Waals surface area contributed by atoms with Gasteiger partial charge in [-0.05, 0) is 31.4 Å². The molecule has 0 aliphatic carbocycles. The summed E-state index contributed by atoms with van der Waals surface area (Å²) < 4.78 is 31.7. The van der Waals surface area contributed by atoms with Crippen LogP contribution in [0.25, 0.3) is 0 Å². The van der Waals surface area contributed by atoms with Crippen LogP contribution in [0.3, 0.4) is 0 Å². The fourth-order valence-electron chi connectivity index (χ4n) is 2.56. The average Bonchev–Trinajstić information content (AvgIpc) is 2.63. The van der Waals surface area contributed by atoms with Crippen LogP contribution >= 0.6 is 0 Å². The van der Waals surface area contributed by atoms with Crippen LogP contribution in [-0.2, 0) is 22.6 Å². The van der Waals surface area contributed by atoms with E-state index in [4.69, 9.17) is 9.90 Å². The van der Waals surface area contributed by atoms with Crippen molar-refractivity contribution in [1.82, 2.24) is 15.3 Å². The number of fused-ring (bicyclic) bond motifs is 1. The lowest BCUT2D eigenvalue weighted by Gasteiger charge is -2.25. The van der Waals surface area contributed by atoms with E-state index in [9.17, 15) is 18.0 Å². The van der Waals surface area contributed by atoms with Gasteiger partial charge in [0.25, 0.3) is 0 Å². The first-order valence-electron chi connectivity index (χ1n) is 8.29. The topological polar surface area (TPSA) is 104 Å². The number of carboxylic acids is 1. The van der Waals surface area contributed by atoms with Crippen molar-refractivity contribution in [2.75, 3.05) is 5.32 Å². The highest BCUT2D eigenvalue weighted by Crippen LogP contribution is 2.17. The Morgan fingerprint density at radius 1 is 1.21 bits per heavy atom. The Balaban J connectivity index is 0.000000345. The van der Waals surface area contributed by atoms with Gasteiger partial charge in [0, 0.05) is 6.54 Å². The molecule has 7 nitrogen and oxygen atoms in total. The quantitative estimate of drug-likeness (QED) is 0.720. The molecule has 0 saturated carbocycles. The molecule has 150 valence electrons. The number of amides is 1. The number of rotatable bonds is 2. The Labute approximate surface area is 159 Å². The molecular formula is C18H19F3N4O3. The number of alkyl halides is 3. The number of nitrogens with one attached hydrogen (secondary N) is 2. The minimum Gasteiger partial charge on any atom is -0.475 e. The van der Waals surface area contributed by atoms with Crippen molar-refractivity contribution >= 4 is 17.7 Å². The van der Waals surface area contributed by atoms with Crippen LogP contribution in [-0.4, -0.2) is 39.2 Å². The van der Waals surface area contributed by atoms with E-state index in [1.807, 2.05) is 26.0 Å². The van der Waals surface area contributed by atoms with Crippen LogP contribution in [0.5, 0.6) is 0 Å². The van der Waals surface area contributed by atoms with Gasteiger partial charge >= 0.3 is 12.1 Å². The van der Waals surface area contributed by atoms with E-state index in [0.29, 0.717) is 18.8 Å². The second-order valence-electron chi connectivity index (χ2n) is 6.14. The minimum atomic E-state index is -5.08. The number of halogens is 3. The van der Waals surface area contributed by atoms with Crippen LogP contribution in [0.1, 0.15) is 22.5 Å². The molecule has 2 aromatic rings. The second-order valence-corrected chi connectivity index (χ2v) is 6.14. The molecule has 0 radical (unpaired) electrons. The van der Waals surface area contributed by atoms with Gasteiger partial charge in [0.1, 0.15) is 0 Å². The predicted octanol–water partition coefficient (Wildman–Crippen LogP) is 2.38. The van der Waals surface area contributed by atoms with Crippen molar-refractivity contribution in [3.05, 3.63) is 53.0 Å². The molecule has 0 unspecified atom stereocenters. The molecule has 1 aliphatic heterocycles. The fraction of sp³-hybridized carbons (Fsp3) is 0.333. The number of hydrogen-bond donors (Lipinski definition) is 3. The summed E-state index contributed by atoms with van der Waals surface area (Å²) in [5, 5.41) is 13.3. The third kappa shape index (κ3) is 5.74. The van der Waals surface area contributed by atoms with Gasteiger partial charge < -0.3 is 15.7 Å². The summed E-state index contributed by atoms with van der Waals surface area (Å²) >= 11 is 0. The van der Waals surface area contributed by atoms with Gasteiger partial charge in [0.05, 0.1) is 23.6 Å². The van der Waals surface area contributed by atoms with Gasteiger partial charge in [-0.25, -0.2) is 9.78 Å². The van der Waals surface area contributed by atoms with Gasteiger partial charge in [-0.3, -0.25) is 9.78 Å². The summed E-state index contributed by atoms with van der Waals surface area (Å²) in [6.45, 7) is 4.44. The minimum absolute atomic E-state index is 0.0641. The van der Waals surface area contributed by atoms with Gasteiger partial charge in [-0.1, -0.05) is 24.3 Å². The zero-order valence-electron chi connectivity index (χ0n) is 15.2. The van der Waals surface area contributed by atoms with E-state index in [1.165, 1.54) is 11.1 Å². The SMILES string of the molecule is Cc1cnc(NC(=O)[C@@H]2Cc3ccccc3CN2)c(C)n1.O=C(O)C(F)(F)F. The summed E-state index contributed by atoms with van der Waals surface area (Å²) in [6, 6.07) is 7.96. The maximum Gasteiger partial charge on any atom is 0.490 e. The lowest BCUT2D eigenvalue weighted by atomic mass is 9.95. The fourth-order valence-corrected chi connectivity index (χ4v) is 2.56. The van der Waals surface area contributed by atoms with Gasteiger partial charge in [-0.15, -0.1) is 0 Å². The predicted molar refractivity (Wildman–Crippen MR) is 94.6 cm³/mol. The molecule has 0 bridgehead atoms. The van der Waals surface area contributed by atoms with Crippen molar-refractivity contribution in [1.29, 1.82) is 0 Å². The second kappa shape index (κ2) is 8.79. The number of carbonyl (C=O) groups excluding carboxylic acids is 1. The smallest absolute Gasteiger partial charge is 0.475 e. The van der Waals surface area contributed by atoms with E-state index in [1.54, 1.807) is 6.20 Å². The number of hydrogen-bond acceptors (Lipinski definition) is 5. The van der Waals surface area contributed by atoms with Crippen molar-refractivity contribution in [2.24, 2.45) is 0 Å². The first kappa shape index (κ1) is 21.3. The Kier molecular flexibility index (Phi) is 6.68. The number of aliphatic carboxylic acids is 1. The molecule has 3 rings (SSSR count). The molecule has 28 heavy (non-hydrogen) atoms. The van der Waals surface area contributed by atoms with Crippen LogP contribution < -0.4 is 10.6 Å². The number of aryl methyl sites for hydroxylation is 2. The Morgan fingerprint density at radius 2 is 1.82 bits per heavy atom. The van der Waals surface area contributed by atoms with Crippen LogP contribution in [0.15, 0.2) is 30.5 Å². The molecule has 0 saturated heterocycles. The molecule has 1 amide bonds. The maximum absolute atomic E-state index is 12.4. The summed E-state index contributed by atoms with van der Waals surface area (Å²) in [5.74, 6) is -2.29. The van der Waals surface area contributed by atoms with Gasteiger partial charge in [0.2, 0.25) is 5.91 Å². The number of anilines is 1. The highest BCUT2D eigenvalue weighted by molar-refractivity contribution is 5.94. The highest BCUT2D eigenvalue weighted by Gasteiger charge is 2.38. The van der Waals surface area contributed by atoms with Crippen LogP contribution in [0.4, 0.5) is 19.0 Å². The van der Waals surface area contributed by atoms with Crippen LogP contribution in [0.2, 0.25) is 0 Å². The van der Waals surface area contributed by atoms with Gasteiger partial charge in [-0.2, -0.15) is 13.2 Å². The average molecular weight is 396 g/mol. The van der Waals surface area contributed by atoms with Crippen molar-refractivity contribution in [2.45, 2.75) is 39.0 Å². The molecule has 1 aromatic heterocycles. The van der Waals surface area contributed by atoms with Crippen LogP contribution in [0, 0.1) is 13.8 Å². The Bertz CT molecular complexity index is 871. The number of aromatic nitrogens is 2.